The largest absolute Gasteiger partial charge is 0.398 e. The van der Waals surface area contributed by atoms with Gasteiger partial charge in [-0.2, -0.15) is 0 Å². The number of aromatic nitrogens is 1. The molecule has 0 aliphatic rings. The number of hydrogen-bond donors (Lipinski definition) is 4. The number of nitrogens with two attached hydrogens (primary N) is 2. The molecule has 1 aromatic carbocycles. The molecule has 0 aliphatic heterocycles. The van der Waals surface area contributed by atoms with Crippen LogP contribution in [0.2, 0.25) is 0 Å². The summed E-state index contributed by atoms with van der Waals surface area (Å²) in [4.78, 5) is 4.31. The third-order valence-electron chi connectivity index (χ3n) is 5.65. The Morgan fingerprint density at radius 1 is 0.889 bits per heavy atom. The third kappa shape index (κ3) is 3.77. The van der Waals surface area contributed by atoms with Crippen molar-refractivity contribution in [1.82, 2.24) is 4.98 Å². The third-order valence-corrected chi connectivity index (χ3v) is 5.65. The van der Waals surface area contributed by atoms with E-state index in [0.717, 1.165) is 0 Å². The van der Waals surface area contributed by atoms with Gasteiger partial charge in [-0.15, -0.1) is 0 Å². The van der Waals surface area contributed by atoms with Crippen LogP contribution in [0.15, 0.2) is 24.4 Å². The Bertz CT molecular complexity index is 815. The molecule has 0 bridgehead atoms. The number of nitrogens with zero attached hydrogens (tertiary/aromatic N) is 1. The molecular weight excluding hydrogens is 345 g/mol. The Morgan fingerprint density at radius 2 is 1.44 bits per heavy atom. The van der Waals surface area contributed by atoms with Crippen molar-refractivity contribution in [3.05, 3.63) is 41.5 Å². The van der Waals surface area contributed by atoms with Gasteiger partial charge in [-0.3, -0.25) is 4.98 Å². The molecule has 0 radical (unpaired) electrons. The molecule has 0 aliphatic carbocycles. The monoisotopic (exact) mass is 375 g/mol. The molecule has 148 valence electrons. The first-order valence-electron chi connectivity index (χ1n) is 9.46. The molecule has 0 saturated carbocycles. The molecular formula is C21H30FN3O2. The van der Waals surface area contributed by atoms with Crippen molar-refractivity contribution < 1.29 is 14.6 Å². The number of aliphatic hydroxyl groups is 2. The van der Waals surface area contributed by atoms with Crippen molar-refractivity contribution in [2.75, 3.05) is 11.5 Å². The number of benzene rings is 1. The van der Waals surface area contributed by atoms with Crippen molar-refractivity contribution in [1.29, 1.82) is 0 Å². The van der Waals surface area contributed by atoms with Gasteiger partial charge < -0.3 is 21.7 Å². The summed E-state index contributed by atoms with van der Waals surface area (Å²) in [5.41, 5.74) is 12.1. The van der Waals surface area contributed by atoms with E-state index in [2.05, 4.69) is 4.98 Å². The molecule has 0 atom stereocenters. The number of hydrogen-bond acceptors (Lipinski definition) is 5. The van der Waals surface area contributed by atoms with E-state index >= 15 is 0 Å². The average molecular weight is 375 g/mol. The van der Waals surface area contributed by atoms with Gasteiger partial charge >= 0.3 is 0 Å². The topological polar surface area (TPSA) is 105 Å². The van der Waals surface area contributed by atoms with E-state index in [1.165, 1.54) is 18.3 Å². The molecule has 6 N–H and O–H groups in total. The normalized spacial score (nSPS) is 12.4. The minimum absolute atomic E-state index is 0.257. The van der Waals surface area contributed by atoms with E-state index in [0.29, 0.717) is 53.9 Å². The number of nitrogen functional groups attached to an aromatic ring is 2. The molecule has 5 nitrogen and oxygen atoms in total. The van der Waals surface area contributed by atoms with Gasteiger partial charge in [-0.1, -0.05) is 27.7 Å². The summed E-state index contributed by atoms with van der Waals surface area (Å²) >= 11 is 0. The number of halogens is 1. The molecule has 1 aromatic heterocycles. The summed E-state index contributed by atoms with van der Waals surface area (Å²) in [5, 5.41) is 21.3. The van der Waals surface area contributed by atoms with Gasteiger partial charge in [0.2, 0.25) is 0 Å². The molecule has 0 amide bonds. The van der Waals surface area contributed by atoms with Gasteiger partial charge in [0.25, 0.3) is 0 Å². The lowest BCUT2D eigenvalue weighted by Crippen LogP contribution is -2.26. The van der Waals surface area contributed by atoms with Crippen LogP contribution in [-0.4, -0.2) is 15.2 Å². The van der Waals surface area contributed by atoms with Gasteiger partial charge in [0, 0.05) is 28.6 Å². The smallest absolute Gasteiger partial charge is 0.131 e. The Balaban J connectivity index is 2.54. The summed E-state index contributed by atoms with van der Waals surface area (Å²) in [6.45, 7) is 7.39. The lowest BCUT2D eigenvalue weighted by atomic mass is 9.86. The Morgan fingerprint density at radius 3 is 1.93 bits per heavy atom. The van der Waals surface area contributed by atoms with Crippen LogP contribution < -0.4 is 11.5 Å². The Hall–Kier alpha value is -2.18. The first-order valence-corrected chi connectivity index (χ1v) is 9.46. The van der Waals surface area contributed by atoms with Crippen LogP contribution in [0.5, 0.6) is 0 Å². The van der Waals surface area contributed by atoms with Gasteiger partial charge in [0.15, 0.2) is 0 Å². The van der Waals surface area contributed by atoms with Crippen molar-refractivity contribution >= 4 is 11.4 Å². The lowest BCUT2D eigenvalue weighted by molar-refractivity contribution is 0.0248. The second kappa shape index (κ2) is 7.82. The lowest BCUT2D eigenvalue weighted by Gasteiger charge is -2.28. The van der Waals surface area contributed by atoms with E-state index in [1.807, 2.05) is 27.7 Å². The second-order valence-corrected chi connectivity index (χ2v) is 7.06. The molecule has 0 fully saturated rings. The number of pyridine rings is 1. The summed E-state index contributed by atoms with van der Waals surface area (Å²) in [6, 6.07) is 4.39. The van der Waals surface area contributed by atoms with Crippen molar-refractivity contribution in [3.8, 4) is 11.1 Å². The fourth-order valence-corrected chi connectivity index (χ4v) is 3.45. The molecule has 0 spiro atoms. The second-order valence-electron chi connectivity index (χ2n) is 7.06. The van der Waals surface area contributed by atoms with Crippen molar-refractivity contribution in [2.24, 2.45) is 0 Å². The number of anilines is 2. The minimum atomic E-state index is -1.16. The SMILES string of the molecule is CCC(O)(CC)c1cc(F)c(-c2cnc(C(O)(CC)CC)c(N)c2)cc1N. The van der Waals surface area contributed by atoms with Crippen LogP contribution >= 0.6 is 0 Å². The highest BCUT2D eigenvalue weighted by Crippen LogP contribution is 2.38. The summed E-state index contributed by atoms with van der Waals surface area (Å²) < 4.78 is 14.8. The zero-order valence-corrected chi connectivity index (χ0v) is 16.5. The van der Waals surface area contributed by atoms with Crippen LogP contribution in [-0.2, 0) is 11.2 Å². The first kappa shape index (κ1) is 21.1. The van der Waals surface area contributed by atoms with E-state index < -0.39 is 17.0 Å². The number of rotatable bonds is 7. The summed E-state index contributed by atoms with van der Waals surface area (Å²) in [5.74, 6) is -0.505. The summed E-state index contributed by atoms with van der Waals surface area (Å²) in [6.07, 6.45) is 3.31. The van der Waals surface area contributed by atoms with Gasteiger partial charge in [-0.25, -0.2) is 4.39 Å². The Labute approximate surface area is 160 Å². The first-order chi connectivity index (χ1) is 12.7. The maximum atomic E-state index is 14.8. The predicted molar refractivity (Wildman–Crippen MR) is 107 cm³/mol. The van der Waals surface area contributed by atoms with Gasteiger partial charge in [-0.05, 0) is 43.9 Å². The molecule has 2 aromatic rings. The maximum Gasteiger partial charge on any atom is 0.131 e. The quantitative estimate of drug-likeness (QED) is 0.546. The van der Waals surface area contributed by atoms with Crippen LogP contribution in [0.25, 0.3) is 11.1 Å². The van der Waals surface area contributed by atoms with Crippen LogP contribution in [0.3, 0.4) is 0 Å². The average Bonchev–Trinajstić information content (AvgIpc) is 2.68. The van der Waals surface area contributed by atoms with E-state index in [9.17, 15) is 14.6 Å². The zero-order valence-electron chi connectivity index (χ0n) is 16.5. The van der Waals surface area contributed by atoms with E-state index in [4.69, 9.17) is 11.5 Å². The maximum absolute atomic E-state index is 14.8. The summed E-state index contributed by atoms with van der Waals surface area (Å²) in [7, 11) is 0. The molecule has 6 heteroatoms. The van der Waals surface area contributed by atoms with Gasteiger partial charge in [0.1, 0.15) is 11.4 Å². The highest BCUT2D eigenvalue weighted by atomic mass is 19.1. The van der Waals surface area contributed by atoms with Crippen LogP contribution in [0.1, 0.15) is 64.6 Å². The predicted octanol–water partition coefficient (Wildman–Crippen LogP) is 4.07. The fourth-order valence-electron chi connectivity index (χ4n) is 3.45. The standard InChI is InChI=1S/C21H30FN3O2/c1-5-20(26,6-2)15-11-16(22)14(10-17(15)23)13-9-18(24)19(25-12-13)21(27,7-3)8-4/h9-12,26-27H,5-8,23-24H2,1-4H3. The van der Waals surface area contributed by atoms with E-state index in [-0.39, 0.29) is 5.56 Å². The highest BCUT2D eigenvalue weighted by molar-refractivity contribution is 5.72. The van der Waals surface area contributed by atoms with Gasteiger partial charge in [0.05, 0.1) is 17.0 Å². The zero-order chi connectivity index (χ0) is 20.4. The fraction of sp³-hybridized carbons (Fsp3) is 0.476. The van der Waals surface area contributed by atoms with E-state index in [1.54, 1.807) is 6.07 Å². The molecule has 0 unspecified atom stereocenters. The highest BCUT2D eigenvalue weighted by Gasteiger charge is 2.30. The molecule has 0 saturated heterocycles. The molecule has 27 heavy (non-hydrogen) atoms. The minimum Gasteiger partial charge on any atom is -0.398 e. The Kier molecular flexibility index (Phi) is 6.12. The molecule has 2 rings (SSSR count). The molecule has 1 heterocycles. The van der Waals surface area contributed by atoms with Crippen molar-refractivity contribution in [2.45, 2.75) is 64.6 Å². The van der Waals surface area contributed by atoms with Crippen LogP contribution in [0.4, 0.5) is 15.8 Å². The van der Waals surface area contributed by atoms with Crippen molar-refractivity contribution in [3.63, 3.8) is 0 Å². The van der Waals surface area contributed by atoms with Crippen LogP contribution in [0, 0.1) is 5.82 Å².